The summed E-state index contributed by atoms with van der Waals surface area (Å²) in [7, 11) is 0. The van der Waals surface area contributed by atoms with Crippen molar-refractivity contribution in [2.75, 3.05) is 0 Å². The van der Waals surface area contributed by atoms with Crippen molar-refractivity contribution in [1.82, 2.24) is 0 Å². The van der Waals surface area contributed by atoms with Gasteiger partial charge in [-0.3, -0.25) is 0 Å². The molecule has 0 amide bonds. The average Bonchev–Trinajstić information content (AvgIpc) is 3.52. The van der Waals surface area contributed by atoms with Gasteiger partial charge in [0.05, 0.1) is 0 Å². The molecule has 1 heteroatoms. The molecule has 0 aliphatic carbocycles. The Balaban J connectivity index is 1.35. The Bertz CT molecular complexity index is 2780. The van der Waals surface area contributed by atoms with E-state index < -0.39 is 0 Å². The third kappa shape index (κ3) is 3.84. The third-order valence-corrected chi connectivity index (χ3v) is 9.86. The number of hydrogen-bond acceptors (Lipinski definition) is 1. The van der Waals surface area contributed by atoms with Gasteiger partial charge >= 0.3 is 0 Å². The van der Waals surface area contributed by atoms with E-state index in [2.05, 4.69) is 164 Å². The van der Waals surface area contributed by atoms with Crippen LogP contribution in [0.3, 0.4) is 0 Å². The van der Waals surface area contributed by atoms with Crippen LogP contribution < -0.4 is 0 Å². The first-order valence-corrected chi connectivity index (χ1v) is 16.2. The van der Waals surface area contributed by atoms with Crippen molar-refractivity contribution in [3.8, 4) is 33.4 Å². The molecule has 0 saturated carbocycles. The van der Waals surface area contributed by atoms with E-state index in [9.17, 15) is 0 Å². The molecule has 1 aromatic heterocycles. The first-order valence-electron chi connectivity index (χ1n) is 16.2. The summed E-state index contributed by atoms with van der Waals surface area (Å²) in [4.78, 5) is 0. The molecule has 0 bridgehead atoms. The monoisotopic (exact) mass is 596 g/mol. The molecule has 0 radical (unpaired) electrons. The van der Waals surface area contributed by atoms with Gasteiger partial charge in [-0.25, -0.2) is 0 Å². The van der Waals surface area contributed by atoms with Crippen LogP contribution in [0.5, 0.6) is 0 Å². The fourth-order valence-electron chi connectivity index (χ4n) is 7.85. The van der Waals surface area contributed by atoms with Gasteiger partial charge in [0.2, 0.25) is 0 Å². The van der Waals surface area contributed by atoms with E-state index in [1.54, 1.807) is 0 Å². The predicted octanol–water partition coefficient (Wildman–Crippen LogP) is 13.2. The molecule has 0 atom stereocenters. The topological polar surface area (TPSA) is 13.1 Å². The van der Waals surface area contributed by atoms with Crippen molar-refractivity contribution in [1.29, 1.82) is 0 Å². The molecule has 47 heavy (non-hydrogen) atoms. The normalized spacial score (nSPS) is 11.8. The maximum atomic E-state index is 6.49. The molecule has 0 aliphatic heterocycles. The standard InChI is InChI=1S/C46H28O/c1-2-14-29(15-3-1)30-26-27-39(32-17-5-4-16-31(30)32)44-35-20-7-9-22-37(35)45(38-23-10-8-21-36(38)44)41-28-42-34-19-12-13-25-43(34)47-46(42)40-24-11-6-18-33(40)41/h1-28H. The molecule has 0 aliphatic rings. The zero-order chi connectivity index (χ0) is 30.9. The first-order chi connectivity index (χ1) is 23.3. The van der Waals surface area contributed by atoms with Crippen LogP contribution in [0, 0.1) is 0 Å². The Morgan fingerprint density at radius 2 is 0.702 bits per heavy atom. The van der Waals surface area contributed by atoms with Crippen molar-refractivity contribution in [2.24, 2.45) is 0 Å². The van der Waals surface area contributed by atoms with Gasteiger partial charge in [0, 0.05) is 16.2 Å². The highest BCUT2D eigenvalue weighted by molar-refractivity contribution is 6.28. The van der Waals surface area contributed by atoms with E-state index in [0.717, 1.165) is 27.3 Å². The van der Waals surface area contributed by atoms with E-state index in [4.69, 9.17) is 4.42 Å². The van der Waals surface area contributed by atoms with Crippen LogP contribution in [0.2, 0.25) is 0 Å². The molecule has 0 saturated heterocycles. The molecule has 10 aromatic rings. The molecule has 218 valence electrons. The van der Waals surface area contributed by atoms with Crippen LogP contribution in [-0.2, 0) is 0 Å². The van der Waals surface area contributed by atoms with E-state index in [-0.39, 0.29) is 0 Å². The lowest BCUT2D eigenvalue weighted by atomic mass is 9.82. The minimum Gasteiger partial charge on any atom is -0.455 e. The maximum Gasteiger partial charge on any atom is 0.143 e. The highest BCUT2D eigenvalue weighted by Gasteiger charge is 2.21. The number of hydrogen-bond donors (Lipinski definition) is 0. The van der Waals surface area contributed by atoms with E-state index in [0.29, 0.717) is 0 Å². The number of benzene rings is 9. The molecule has 10 rings (SSSR count). The number of para-hydroxylation sites is 1. The number of fused-ring (bicyclic) bond motifs is 8. The number of furan rings is 1. The van der Waals surface area contributed by atoms with Crippen molar-refractivity contribution in [3.63, 3.8) is 0 Å². The fourth-order valence-corrected chi connectivity index (χ4v) is 7.85. The molecule has 0 spiro atoms. The molecule has 0 unspecified atom stereocenters. The van der Waals surface area contributed by atoms with Gasteiger partial charge in [-0.1, -0.05) is 158 Å². The van der Waals surface area contributed by atoms with Crippen molar-refractivity contribution in [2.45, 2.75) is 0 Å². The van der Waals surface area contributed by atoms with E-state index in [1.165, 1.54) is 71.1 Å². The van der Waals surface area contributed by atoms with E-state index >= 15 is 0 Å². The summed E-state index contributed by atoms with van der Waals surface area (Å²) >= 11 is 0. The van der Waals surface area contributed by atoms with E-state index in [1.807, 2.05) is 6.07 Å². The molecule has 1 heterocycles. The van der Waals surface area contributed by atoms with Crippen LogP contribution in [0.1, 0.15) is 0 Å². The first kappa shape index (κ1) is 26.1. The lowest BCUT2D eigenvalue weighted by Crippen LogP contribution is -1.93. The molecule has 0 fully saturated rings. The van der Waals surface area contributed by atoms with Crippen LogP contribution >= 0.6 is 0 Å². The van der Waals surface area contributed by atoms with Gasteiger partial charge in [-0.2, -0.15) is 0 Å². The van der Waals surface area contributed by atoms with Gasteiger partial charge in [0.15, 0.2) is 0 Å². The lowest BCUT2D eigenvalue weighted by Gasteiger charge is -2.20. The smallest absolute Gasteiger partial charge is 0.143 e. The second kappa shape index (κ2) is 10.2. The van der Waals surface area contributed by atoms with Crippen molar-refractivity contribution >= 4 is 65.0 Å². The number of rotatable bonds is 3. The van der Waals surface area contributed by atoms with Gasteiger partial charge in [-0.15, -0.1) is 0 Å². The lowest BCUT2D eigenvalue weighted by molar-refractivity contribution is 0.672. The summed E-state index contributed by atoms with van der Waals surface area (Å²) in [5.74, 6) is 0. The maximum absolute atomic E-state index is 6.49. The van der Waals surface area contributed by atoms with Crippen molar-refractivity contribution in [3.05, 3.63) is 170 Å². The predicted molar refractivity (Wildman–Crippen MR) is 200 cm³/mol. The van der Waals surface area contributed by atoms with Gasteiger partial charge in [-0.05, 0) is 83.2 Å². The minimum absolute atomic E-state index is 0.917. The summed E-state index contributed by atoms with van der Waals surface area (Å²) in [5, 5.41) is 12.1. The Morgan fingerprint density at radius 3 is 1.32 bits per heavy atom. The largest absolute Gasteiger partial charge is 0.455 e. The fraction of sp³-hybridized carbons (Fsp3) is 0. The molecule has 1 nitrogen and oxygen atoms in total. The molecule has 0 N–H and O–H groups in total. The molecular formula is C46H28O. The Labute approximate surface area is 271 Å². The van der Waals surface area contributed by atoms with Gasteiger partial charge < -0.3 is 4.42 Å². The molecule has 9 aromatic carbocycles. The average molecular weight is 597 g/mol. The Morgan fingerprint density at radius 1 is 0.277 bits per heavy atom. The molecular weight excluding hydrogens is 569 g/mol. The second-order valence-corrected chi connectivity index (χ2v) is 12.4. The second-order valence-electron chi connectivity index (χ2n) is 12.4. The Kier molecular flexibility index (Phi) is 5.64. The van der Waals surface area contributed by atoms with Crippen molar-refractivity contribution < 1.29 is 4.42 Å². The Hall–Kier alpha value is -6.18. The quantitative estimate of drug-likeness (QED) is 0.185. The summed E-state index contributed by atoms with van der Waals surface area (Å²) in [5.41, 5.74) is 9.35. The van der Waals surface area contributed by atoms with Crippen LogP contribution in [-0.4, -0.2) is 0 Å². The highest BCUT2D eigenvalue weighted by atomic mass is 16.3. The summed E-state index contributed by atoms with van der Waals surface area (Å²) in [6, 6.07) is 61.5. The van der Waals surface area contributed by atoms with Crippen LogP contribution in [0.15, 0.2) is 174 Å². The SMILES string of the molecule is c1ccc(-c2ccc(-c3c4ccccc4c(-c4cc5c6ccccc6oc5c5ccccc45)c4ccccc34)c3ccccc23)cc1. The summed E-state index contributed by atoms with van der Waals surface area (Å²) in [6.45, 7) is 0. The van der Waals surface area contributed by atoms with Gasteiger partial charge in [0.1, 0.15) is 11.2 Å². The zero-order valence-corrected chi connectivity index (χ0v) is 25.6. The van der Waals surface area contributed by atoms with Gasteiger partial charge in [0.25, 0.3) is 0 Å². The van der Waals surface area contributed by atoms with Crippen LogP contribution in [0.4, 0.5) is 0 Å². The summed E-state index contributed by atoms with van der Waals surface area (Å²) in [6.07, 6.45) is 0. The minimum atomic E-state index is 0.917. The zero-order valence-electron chi connectivity index (χ0n) is 25.6. The van der Waals surface area contributed by atoms with Crippen LogP contribution in [0.25, 0.3) is 98.4 Å². The summed E-state index contributed by atoms with van der Waals surface area (Å²) < 4.78 is 6.49. The highest BCUT2D eigenvalue weighted by Crippen LogP contribution is 2.49. The third-order valence-electron chi connectivity index (χ3n) is 9.86.